The van der Waals surface area contributed by atoms with Crippen molar-refractivity contribution in [2.45, 2.75) is 40.2 Å². The number of nitrogens with zero attached hydrogens (tertiary/aromatic N) is 2. The Bertz CT molecular complexity index is 294. The number of rotatable bonds is 4. The van der Waals surface area contributed by atoms with Gasteiger partial charge in [-0.25, -0.2) is 4.79 Å². The number of amides is 2. The topological polar surface area (TPSA) is 40.6 Å². The molecule has 4 heteroatoms. The molecule has 2 amide bonds. The number of likely N-dealkylation sites (tertiary alicyclic amines) is 1. The van der Waals surface area contributed by atoms with Gasteiger partial charge >= 0.3 is 6.03 Å². The molecule has 1 saturated heterocycles. The van der Waals surface area contributed by atoms with Crippen molar-refractivity contribution in [3.05, 3.63) is 0 Å². The highest BCUT2D eigenvalue weighted by Crippen LogP contribution is 2.22. The molecule has 0 spiro atoms. The number of carbonyl (C=O) groups is 2. The first-order chi connectivity index (χ1) is 7.82. The van der Waals surface area contributed by atoms with Crippen LogP contribution in [0.1, 0.15) is 34.1 Å². The molecular weight excluding hydrogens is 216 g/mol. The van der Waals surface area contributed by atoms with Gasteiger partial charge in [0.05, 0.1) is 0 Å². The van der Waals surface area contributed by atoms with Crippen molar-refractivity contribution in [1.29, 1.82) is 0 Å². The van der Waals surface area contributed by atoms with Crippen LogP contribution in [-0.4, -0.2) is 47.8 Å². The lowest BCUT2D eigenvalue weighted by Crippen LogP contribution is -2.55. The summed E-state index contributed by atoms with van der Waals surface area (Å²) in [6, 6.07) is 0.298. The molecule has 0 radical (unpaired) electrons. The number of carbonyl (C=O) groups excluding carboxylic acids is 2. The van der Waals surface area contributed by atoms with E-state index in [0.717, 1.165) is 13.1 Å². The summed E-state index contributed by atoms with van der Waals surface area (Å²) in [6.07, 6.45) is 0.618. The molecule has 0 bridgehead atoms. The van der Waals surface area contributed by atoms with Gasteiger partial charge in [0.15, 0.2) is 0 Å². The quantitative estimate of drug-likeness (QED) is 0.754. The van der Waals surface area contributed by atoms with Crippen LogP contribution in [-0.2, 0) is 4.79 Å². The zero-order chi connectivity index (χ0) is 13.2. The van der Waals surface area contributed by atoms with E-state index in [4.69, 9.17) is 0 Å². The smallest absolute Gasteiger partial charge is 0.319 e. The second-order valence-electron chi connectivity index (χ2n) is 5.58. The maximum Gasteiger partial charge on any atom is 0.319 e. The highest BCUT2D eigenvalue weighted by atomic mass is 16.2. The summed E-state index contributed by atoms with van der Waals surface area (Å²) >= 11 is 0. The number of ketones is 1. The van der Waals surface area contributed by atoms with Crippen molar-refractivity contribution in [3.8, 4) is 0 Å². The van der Waals surface area contributed by atoms with Gasteiger partial charge in [0.1, 0.15) is 5.78 Å². The fourth-order valence-corrected chi connectivity index (χ4v) is 1.82. The van der Waals surface area contributed by atoms with Gasteiger partial charge in [0, 0.05) is 44.4 Å². The number of hydrogen-bond donors (Lipinski definition) is 0. The summed E-state index contributed by atoms with van der Waals surface area (Å²) in [5.74, 6) is 0.784. The van der Waals surface area contributed by atoms with Crippen LogP contribution >= 0.6 is 0 Å². The average Bonchev–Trinajstić information content (AvgIpc) is 2.19. The second kappa shape index (κ2) is 5.52. The first-order valence-electron chi connectivity index (χ1n) is 6.37. The summed E-state index contributed by atoms with van der Waals surface area (Å²) in [5.41, 5.74) is 0. The molecule has 0 aromatic carbocycles. The zero-order valence-corrected chi connectivity index (χ0v) is 11.6. The first kappa shape index (κ1) is 14.0. The average molecular weight is 240 g/mol. The van der Waals surface area contributed by atoms with Gasteiger partial charge < -0.3 is 9.80 Å². The van der Waals surface area contributed by atoms with Crippen LogP contribution in [0.15, 0.2) is 0 Å². The van der Waals surface area contributed by atoms with Crippen molar-refractivity contribution < 1.29 is 9.59 Å². The van der Waals surface area contributed by atoms with E-state index in [1.807, 2.05) is 39.6 Å². The molecule has 1 aliphatic rings. The Morgan fingerprint density at radius 1 is 1.24 bits per heavy atom. The van der Waals surface area contributed by atoms with Crippen LogP contribution in [0, 0.1) is 11.8 Å². The Balaban J connectivity index is 2.32. The molecule has 0 N–H and O–H groups in total. The predicted octanol–water partition coefficient (Wildman–Crippen LogP) is 1.99. The summed E-state index contributed by atoms with van der Waals surface area (Å²) in [7, 11) is 1.82. The van der Waals surface area contributed by atoms with E-state index in [0.29, 0.717) is 18.1 Å². The molecule has 0 aromatic rings. The third-order valence-corrected chi connectivity index (χ3v) is 3.44. The lowest BCUT2D eigenvalue weighted by atomic mass is 9.91. The van der Waals surface area contributed by atoms with Crippen molar-refractivity contribution in [3.63, 3.8) is 0 Å². The van der Waals surface area contributed by atoms with Crippen LogP contribution < -0.4 is 0 Å². The minimum Gasteiger partial charge on any atom is -0.325 e. The normalized spacial score (nSPS) is 16.3. The van der Waals surface area contributed by atoms with E-state index in [2.05, 4.69) is 0 Å². The minimum absolute atomic E-state index is 0.0771. The van der Waals surface area contributed by atoms with Gasteiger partial charge in [0.25, 0.3) is 0 Å². The number of Topliss-reactive ketones (excluding diaryl/α,β-unsaturated/α-hetero) is 1. The predicted molar refractivity (Wildman–Crippen MR) is 67.8 cm³/mol. The zero-order valence-electron chi connectivity index (χ0n) is 11.6. The van der Waals surface area contributed by atoms with Crippen molar-refractivity contribution in [2.75, 3.05) is 20.1 Å². The van der Waals surface area contributed by atoms with E-state index >= 15 is 0 Å². The second-order valence-corrected chi connectivity index (χ2v) is 5.58. The highest BCUT2D eigenvalue weighted by molar-refractivity contribution is 5.81. The maximum atomic E-state index is 11.9. The largest absolute Gasteiger partial charge is 0.325 e. The van der Waals surface area contributed by atoms with Gasteiger partial charge in [-0.15, -0.1) is 0 Å². The number of urea groups is 1. The van der Waals surface area contributed by atoms with E-state index in [9.17, 15) is 9.59 Å². The number of hydrogen-bond acceptors (Lipinski definition) is 2. The minimum atomic E-state index is 0.0771. The summed E-state index contributed by atoms with van der Waals surface area (Å²) in [5, 5.41) is 0. The summed E-state index contributed by atoms with van der Waals surface area (Å²) in [6.45, 7) is 9.31. The molecule has 0 aromatic heterocycles. The molecular formula is C13H24N2O2. The fraction of sp³-hybridized carbons (Fsp3) is 0.846. The third-order valence-electron chi connectivity index (χ3n) is 3.44. The first-order valence-corrected chi connectivity index (χ1v) is 6.37. The van der Waals surface area contributed by atoms with Crippen LogP contribution in [0.25, 0.3) is 0 Å². The molecule has 0 aliphatic carbocycles. The van der Waals surface area contributed by atoms with E-state index in [1.54, 1.807) is 4.90 Å². The van der Waals surface area contributed by atoms with E-state index < -0.39 is 0 Å². The molecule has 98 valence electrons. The van der Waals surface area contributed by atoms with Gasteiger partial charge in [-0.3, -0.25) is 4.79 Å². The van der Waals surface area contributed by atoms with Gasteiger partial charge in [-0.1, -0.05) is 13.8 Å². The fourth-order valence-electron chi connectivity index (χ4n) is 1.82. The van der Waals surface area contributed by atoms with Crippen molar-refractivity contribution >= 4 is 11.8 Å². The monoisotopic (exact) mass is 240 g/mol. The summed E-state index contributed by atoms with van der Waals surface area (Å²) in [4.78, 5) is 27.0. The standard InChI is InChI=1S/C13H24N2O2/c1-9(2)12(16)6-11-7-15(8-11)13(17)14(5)10(3)4/h9-11H,6-8H2,1-5H3. The lowest BCUT2D eigenvalue weighted by molar-refractivity contribution is -0.123. The Hall–Kier alpha value is -1.06. The molecule has 1 aliphatic heterocycles. The lowest BCUT2D eigenvalue weighted by Gasteiger charge is -2.42. The maximum absolute atomic E-state index is 11.9. The Morgan fingerprint density at radius 3 is 2.18 bits per heavy atom. The van der Waals surface area contributed by atoms with Crippen LogP contribution in [0.2, 0.25) is 0 Å². The molecule has 1 rings (SSSR count). The van der Waals surface area contributed by atoms with Crippen LogP contribution in [0.4, 0.5) is 4.79 Å². The van der Waals surface area contributed by atoms with Crippen molar-refractivity contribution in [1.82, 2.24) is 9.80 Å². The Kier molecular flexibility index (Phi) is 4.54. The Labute approximate surface area is 104 Å². The molecule has 4 nitrogen and oxygen atoms in total. The van der Waals surface area contributed by atoms with Gasteiger partial charge in [-0.2, -0.15) is 0 Å². The van der Waals surface area contributed by atoms with E-state index in [-0.39, 0.29) is 18.0 Å². The molecule has 1 heterocycles. The SMILES string of the molecule is CC(C)C(=O)CC1CN(C(=O)N(C)C(C)C)C1. The van der Waals surface area contributed by atoms with Gasteiger partial charge in [-0.05, 0) is 13.8 Å². The van der Waals surface area contributed by atoms with Crippen LogP contribution in [0.3, 0.4) is 0 Å². The van der Waals surface area contributed by atoms with Crippen molar-refractivity contribution in [2.24, 2.45) is 11.8 Å². The molecule has 0 unspecified atom stereocenters. The molecule has 17 heavy (non-hydrogen) atoms. The molecule has 0 saturated carbocycles. The van der Waals surface area contributed by atoms with Crippen LogP contribution in [0.5, 0.6) is 0 Å². The highest BCUT2D eigenvalue weighted by Gasteiger charge is 2.34. The molecule has 0 atom stereocenters. The molecule has 1 fully saturated rings. The van der Waals surface area contributed by atoms with Gasteiger partial charge in [0.2, 0.25) is 0 Å². The van der Waals surface area contributed by atoms with E-state index in [1.165, 1.54) is 0 Å². The third kappa shape index (κ3) is 3.45. The Morgan fingerprint density at radius 2 is 1.76 bits per heavy atom. The summed E-state index contributed by atoms with van der Waals surface area (Å²) < 4.78 is 0.